The van der Waals surface area contributed by atoms with Gasteiger partial charge in [-0.15, -0.1) is 5.10 Å². The normalized spacial score (nSPS) is 11.1. The largest absolute Gasteiger partial charge is 0.493 e. The maximum Gasteiger partial charge on any atom is 0.311 e. The number of fused-ring (bicyclic) bond motifs is 1. The predicted molar refractivity (Wildman–Crippen MR) is 104 cm³/mol. The van der Waals surface area contributed by atoms with Crippen molar-refractivity contribution in [2.24, 2.45) is 5.10 Å². The monoisotopic (exact) mass is 382 g/mol. The summed E-state index contributed by atoms with van der Waals surface area (Å²) in [4.78, 5) is 20.7. The van der Waals surface area contributed by atoms with Gasteiger partial charge in [0.1, 0.15) is 0 Å². The van der Waals surface area contributed by atoms with Gasteiger partial charge in [-0.2, -0.15) is 10.1 Å². The molecule has 0 atom stereocenters. The lowest BCUT2D eigenvalue weighted by atomic mass is 10.2. The Morgan fingerprint density at radius 1 is 1.25 bits per heavy atom. The highest BCUT2D eigenvalue weighted by Gasteiger charge is 2.14. The van der Waals surface area contributed by atoms with E-state index >= 15 is 0 Å². The lowest BCUT2D eigenvalue weighted by Gasteiger charge is -2.10. The quantitative estimate of drug-likeness (QED) is 0.497. The van der Waals surface area contributed by atoms with E-state index in [4.69, 9.17) is 9.47 Å². The number of nitrogens with one attached hydrogen (secondary N) is 1. The molecule has 0 saturated heterocycles. The number of aryl methyl sites for hydroxylation is 2. The van der Waals surface area contributed by atoms with E-state index in [1.807, 2.05) is 32.9 Å². The van der Waals surface area contributed by atoms with E-state index in [1.54, 1.807) is 19.2 Å². The number of hydrogen-bond acceptors (Lipinski definition) is 7. The Morgan fingerprint density at radius 2 is 2.07 bits per heavy atom. The molecule has 9 nitrogen and oxygen atoms in total. The van der Waals surface area contributed by atoms with Gasteiger partial charge in [-0.3, -0.25) is 4.79 Å². The number of benzene rings is 1. The van der Waals surface area contributed by atoms with Crippen LogP contribution in [0, 0.1) is 13.8 Å². The Kier molecular flexibility index (Phi) is 5.83. The SMILES string of the molecule is CCCOc1ccc(/C=N/NC(=O)c2nc3nc(C)cc(C)n3n2)cc1OC. The minimum absolute atomic E-state index is 0.000700. The number of carbonyl (C=O) groups excluding carboxylic acids is 1. The highest BCUT2D eigenvalue weighted by Crippen LogP contribution is 2.27. The van der Waals surface area contributed by atoms with Crippen molar-refractivity contribution in [2.75, 3.05) is 13.7 Å². The van der Waals surface area contributed by atoms with E-state index < -0.39 is 5.91 Å². The molecule has 0 bridgehead atoms. The van der Waals surface area contributed by atoms with Gasteiger partial charge in [0.05, 0.1) is 19.9 Å². The molecular formula is C19H22N6O3. The summed E-state index contributed by atoms with van der Waals surface area (Å²) in [5, 5.41) is 8.13. The maximum absolute atomic E-state index is 12.3. The lowest BCUT2D eigenvalue weighted by molar-refractivity contribution is 0.0945. The van der Waals surface area contributed by atoms with Crippen molar-refractivity contribution in [3.8, 4) is 11.5 Å². The number of hydrazone groups is 1. The second-order valence-electron chi connectivity index (χ2n) is 6.14. The Bertz CT molecular complexity index is 1030. The summed E-state index contributed by atoms with van der Waals surface area (Å²) in [6.45, 7) is 6.38. The van der Waals surface area contributed by atoms with Crippen molar-refractivity contribution in [2.45, 2.75) is 27.2 Å². The molecule has 3 aromatic rings. The average molecular weight is 382 g/mol. The summed E-state index contributed by atoms with van der Waals surface area (Å²) in [6.07, 6.45) is 2.41. The first-order valence-electron chi connectivity index (χ1n) is 8.87. The zero-order chi connectivity index (χ0) is 20.1. The van der Waals surface area contributed by atoms with Gasteiger partial charge in [0.25, 0.3) is 5.78 Å². The first kappa shape index (κ1) is 19.3. The predicted octanol–water partition coefficient (Wildman–Crippen LogP) is 2.30. The van der Waals surface area contributed by atoms with Crippen molar-refractivity contribution < 1.29 is 14.3 Å². The van der Waals surface area contributed by atoms with E-state index in [2.05, 4.69) is 25.6 Å². The second-order valence-corrected chi connectivity index (χ2v) is 6.14. The highest BCUT2D eigenvalue weighted by molar-refractivity contribution is 5.91. The number of amides is 1. The van der Waals surface area contributed by atoms with Gasteiger partial charge in [-0.05, 0) is 50.1 Å². The molecule has 28 heavy (non-hydrogen) atoms. The third-order valence-corrected chi connectivity index (χ3v) is 3.85. The van der Waals surface area contributed by atoms with Gasteiger partial charge >= 0.3 is 5.91 Å². The molecule has 0 aliphatic rings. The molecule has 2 aromatic heterocycles. The lowest BCUT2D eigenvalue weighted by Crippen LogP contribution is -2.19. The van der Waals surface area contributed by atoms with Crippen LogP contribution in [-0.2, 0) is 0 Å². The van der Waals surface area contributed by atoms with E-state index in [9.17, 15) is 4.79 Å². The Hall–Kier alpha value is -3.49. The van der Waals surface area contributed by atoms with Crippen LogP contribution in [0.4, 0.5) is 0 Å². The van der Waals surface area contributed by atoms with Crippen molar-refractivity contribution in [1.82, 2.24) is 25.0 Å². The van der Waals surface area contributed by atoms with Gasteiger partial charge in [0.2, 0.25) is 5.82 Å². The molecule has 1 aromatic carbocycles. The Morgan fingerprint density at radius 3 is 2.82 bits per heavy atom. The van der Waals surface area contributed by atoms with Gasteiger partial charge in [0, 0.05) is 11.4 Å². The van der Waals surface area contributed by atoms with Gasteiger partial charge in [-0.1, -0.05) is 6.92 Å². The molecule has 2 heterocycles. The molecule has 0 unspecified atom stereocenters. The average Bonchev–Trinajstić information content (AvgIpc) is 3.11. The highest BCUT2D eigenvalue weighted by atomic mass is 16.5. The topological polar surface area (TPSA) is 103 Å². The van der Waals surface area contributed by atoms with E-state index in [0.29, 0.717) is 23.9 Å². The fourth-order valence-electron chi connectivity index (χ4n) is 2.57. The fourth-order valence-corrected chi connectivity index (χ4v) is 2.57. The zero-order valence-electron chi connectivity index (χ0n) is 16.3. The minimum Gasteiger partial charge on any atom is -0.493 e. The second kappa shape index (κ2) is 8.47. The van der Waals surface area contributed by atoms with E-state index in [0.717, 1.165) is 23.4 Å². The molecule has 9 heteroatoms. The number of aromatic nitrogens is 4. The van der Waals surface area contributed by atoms with Crippen LogP contribution in [-0.4, -0.2) is 45.4 Å². The van der Waals surface area contributed by atoms with Gasteiger partial charge < -0.3 is 9.47 Å². The smallest absolute Gasteiger partial charge is 0.311 e. The zero-order valence-corrected chi connectivity index (χ0v) is 16.3. The van der Waals surface area contributed by atoms with E-state index in [-0.39, 0.29) is 5.82 Å². The summed E-state index contributed by atoms with van der Waals surface area (Å²) < 4.78 is 12.5. The molecule has 3 rings (SSSR count). The fraction of sp³-hybridized carbons (Fsp3) is 0.316. The standard InChI is InChI=1S/C19H22N6O3/c1-5-8-28-15-7-6-14(10-16(15)27-4)11-20-23-18(26)17-22-19-21-12(2)9-13(3)25(19)24-17/h6-7,9-11H,5,8H2,1-4H3,(H,23,26)/b20-11+. The molecule has 146 valence electrons. The van der Waals surface area contributed by atoms with Crippen LogP contribution >= 0.6 is 0 Å². The van der Waals surface area contributed by atoms with Gasteiger partial charge in [0.15, 0.2) is 11.5 Å². The molecule has 0 saturated carbocycles. The maximum atomic E-state index is 12.3. The van der Waals surface area contributed by atoms with Crippen LogP contribution in [0.15, 0.2) is 29.4 Å². The number of ether oxygens (including phenoxy) is 2. The summed E-state index contributed by atoms with van der Waals surface area (Å²) in [5.74, 6) is 1.12. The molecule has 0 radical (unpaired) electrons. The molecule has 0 fully saturated rings. The van der Waals surface area contributed by atoms with Crippen molar-refractivity contribution in [3.63, 3.8) is 0 Å². The third-order valence-electron chi connectivity index (χ3n) is 3.85. The number of rotatable bonds is 7. The molecule has 0 spiro atoms. The third kappa shape index (κ3) is 4.25. The minimum atomic E-state index is -0.520. The van der Waals surface area contributed by atoms with Crippen LogP contribution in [0.3, 0.4) is 0 Å². The number of hydrogen-bond donors (Lipinski definition) is 1. The first-order valence-corrected chi connectivity index (χ1v) is 8.87. The molecule has 1 amide bonds. The summed E-state index contributed by atoms with van der Waals surface area (Å²) in [6, 6.07) is 7.27. The summed E-state index contributed by atoms with van der Waals surface area (Å²) in [5.41, 5.74) is 4.82. The number of nitrogens with zero attached hydrogens (tertiary/aromatic N) is 5. The molecule has 1 N–H and O–H groups in total. The van der Waals surface area contributed by atoms with Crippen LogP contribution in [0.2, 0.25) is 0 Å². The first-order chi connectivity index (χ1) is 13.5. The number of methoxy groups -OCH3 is 1. The summed E-state index contributed by atoms with van der Waals surface area (Å²) in [7, 11) is 1.57. The molecular weight excluding hydrogens is 360 g/mol. The number of carbonyl (C=O) groups is 1. The molecule has 0 aliphatic heterocycles. The van der Waals surface area contributed by atoms with Crippen molar-refractivity contribution >= 4 is 17.9 Å². The van der Waals surface area contributed by atoms with E-state index in [1.165, 1.54) is 10.7 Å². The van der Waals surface area contributed by atoms with Crippen molar-refractivity contribution in [3.05, 3.63) is 47.0 Å². The Labute approximate surface area is 162 Å². The van der Waals surface area contributed by atoms with Crippen LogP contribution in [0.1, 0.15) is 40.9 Å². The Balaban J connectivity index is 1.70. The molecule has 0 aliphatic carbocycles. The van der Waals surface area contributed by atoms with Crippen molar-refractivity contribution in [1.29, 1.82) is 0 Å². The van der Waals surface area contributed by atoms with Crippen LogP contribution in [0.25, 0.3) is 5.78 Å². The van der Waals surface area contributed by atoms with Crippen LogP contribution in [0.5, 0.6) is 11.5 Å². The van der Waals surface area contributed by atoms with Crippen LogP contribution < -0.4 is 14.9 Å². The summed E-state index contributed by atoms with van der Waals surface area (Å²) >= 11 is 0. The van der Waals surface area contributed by atoms with Gasteiger partial charge in [-0.25, -0.2) is 14.9 Å².